The number of hydrogen-bond acceptors (Lipinski definition) is 3. The van der Waals surface area contributed by atoms with Crippen molar-refractivity contribution in [1.82, 2.24) is 0 Å². The van der Waals surface area contributed by atoms with Gasteiger partial charge in [0, 0.05) is 0 Å². The van der Waals surface area contributed by atoms with Crippen LogP contribution in [0.15, 0.2) is 18.2 Å². The maximum Gasteiger partial charge on any atom is 0.122 e. The minimum atomic E-state index is 0.694. The molecule has 2 N–H and O–H groups in total. The Morgan fingerprint density at radius 2 is 2.12 bits per heavy atom. The van der Waals surface area contributed by atoms with Crippen molar-refractivity contribution in [2.45, 2.75) is 26.2 Å². The Kier molecular flexibility index (Phi) is 6.34. The summed E-state index contributed by atoms with van der Waals surface area (Å²) in [5.41, 5.74) is 8.14. The second-order valence-electron chi connectivity index (χ2n) is 3.74. The molecule has 0 bridgehead atoms. The number of benzene rings is 1. The first-order valence-electron chi connectivity index (χ1n) is 5.87. The van der Waals surface area contributed by atoms with Crippen LogP contribution in [-0.4, -0.2) is 18.9 Å². The van der Waals surface area contributed by atoms with E-state index < -0.39 is 0 Å². The molecule has 0 saturated carbocycles. The number of ether oxygens (including phenoxy) is 1. The van der Waals surface area contributed by atoms with E-state index in [-0.39, 0.29) is 0 Å². The maximum absolute atomic E-state index is 5.61. The summed E-state index contributed by atoms with van der Waals surface area (Å²) in [6.07, 6.45) is 3.03. The van der Waals surface area contributed by atoms with Crippen molar-refractivity contribution < 1.29 is 4.74 Å². The number of nitrogens with two attached hydrogens (primary N) is 1. The van der Waals surface area contributed by atoms with E-state index in [1.165, 1.54) is 11.1 Å². The minimum absolute atomic E-state index is 0.694. The fourth-order valence-corrected chi connectivity index (χ4v) is 1.87. The molecule has 1 aromatic rings. The number of thiol groups is 1. The van der Waals surface area contributed by atoms with E-state index in [9.17, 15) is 0 Å². The summed E-state index contributed by atoms with van der Waals surface area (Å²) in [7, 11) is 0. The monoisotopic (exact) mass is 239 g/mol. The normalized spacial score (nSPS) is 10.4. The molecular formula is C13H21NOS. The predicted octanol–water partition coefficient (Wildman–Crippen LogP) is 2.45. The number of aryl methyl sites for hydroxylation is 1. The van der Waals surface area contributed by atoms with Crippen molar-refractivity contribution in [2.75, 3.05) is 18.9 Å². The molecule has 1 rings (SSSR count). The molecule has 0 saturated heterocycles. The summed E-state index contributed by atoms with van der Waals surface area (Å²) in [6.45, 7) is 3.42. The molecule has 0 amide bonds. The highest BCUT2D eigenvalue weighted by atomic mass is 32.1. The Morgan fingerprint density at radius 1 is 1.31 bits per heavy atom. The highest BCUT2D eigenvalue weighted by Gasteiger charge is 2.04. The van der Waals surface area contributed by atoms with Crippen LogP contribution in [0.4, 0.5) is 0 Å². The van der Waals surface area contributed by atoms with Gasteiger partial charge in [0.1, 0.15) is 5.75 Å². The lowest BCUT2D eigenvalue weighted by Gasteiger charge is -2.11. The first-order valence-corrected chi connectivity index (χ1v) is 6.50. The summed E-state index contributed by atoms with van der Waals surface area (Å²) >= 11 is 4.24. The van der Waals surface area contributed by atoms with E-state index >= 15 is 0 Å². The molecule has 0 heterocycles. The zero-order chi connectivity index (χ0) is 11.8. The van der Waals surface area contributed by atoms with Gasteiger partial charge in [-0.3, -0.25) is 0 Å². The van der Waals surface area contributed by atoms with Gasteiger partial charge in [-0.15, -0.1) is 0 Å². The summed E-state index contributed by atoms with van der Waals surface area (Å²) in [5.74, 6) is 1.91. The SMILES string of the molecule is CCOc1ccc(CCN)cc1CCCS. The first kappa shape index (κ1) is 13.4. The van der Waals surface area contributed by atoms with E-state index in [0.29, 0.717) is 13.2 Å². The van der Waals surface area contributed by atoms with Crippen LogP contribution in [0.3, 0.4) is 0 Å². The molecule has 0 aromatic heterocycles. The van der Waals surface area contributed by atoms with Gasteiger partial charge >= 0.3 is 0 Å². The van der Waals surface area contributed by atoms with Crippen LogP contribution in [0.25, 0.3) is 0 Å². The largest absolute Gasteiger partial charge is 0.494 e. The highest BCUT2D eigenvalue weighted by molar-refractivity contribution is 7.80. The third-order valence-corrected chi connectivity index (χ3v) is 2.78. The molecule has 0 aliphatic rings. The maximum atomic E-state index is 5.61. The molecule has 1 aromatic carbocycles. The average molecular weight is 239 g/mol. The molecule has 0 atom stereocenters. The summed E-state index contributed by atoms with van der Waals surface area (Å²) < 4.78 is 5.61. The lowest BCUT2D eigenvalue weighted by Crippen LogP contribution is -2.04. The lowest BCUT2D eigenvalue weighted by atomic mass is 10.0. The molecule has 0 spiro atoms. The summed E-state index contributed by atoms with van der Waals surface area (Å²) in [5, 5.41) is 0. The fourth-order valence-electron chi connectivity index (χ4n) is 1.72. The fraction of sp³-hybridized carbons (Fsp3) is 0.538. The minimum Gasteiger partial charge on any atom is -0.494 e. The van der Waals surface area contributed by atoms with Crippen LogP contribution < -0.4 is 10.5 Å². The predicted molar refractivity (Wildman–Crippen MR) is 72.5 cm³/mol. The third kappa shape index (κ3) is 4.06. The Labute approximate surface area is 104 Å². The van der Waals surface area contributed by atoms with E-state index in [2.05, 4.69) is 30.8 Å². The summed E-state index contributed by atoms with van der Waals surface area (Å²) in [4.78, 5) is 0. The lowest BCUT2D eigenvalue weighted by molar-refractivity contribution is 0.336. The van der Waals surface area contributed by atoms with Crippen LogP contribution in [-0.2, 0) is 12.8 Å². The molecule has 2 nitrogen and oxygen atoms in total. The van der Waals surface area contributed by atoms with Crippen LogP contribution in [0.2, 0.25) is 0 Å². The quantitative estimate of drug-likeness (QED) is 0.717. The summed E-state index contributed by atoms with van der Waals surface area (Å²) in [6, 6.07) is 6.37. The van der Waals surface area contributed by atoms with Crippen LogP contribution in [0, 0.1) is 0 Å². The highest BCUT2D eigenvalue weighted by Crippen LogP contribution is 2.22. The second-order valence-corrected chi connectivity index (χ2v) is 4.19. The van der Waals surface area contributed by atoms with Crippen molar-refractivity contribution in [3.63, 3.8) is 0 Å². The molecular weight excluding hydrogens is 218 g/mol. The molecule has 0 radical (unpaired) electrons. The van der Waals surface area contributed by atoms with Gasteiger partial charge in [0.15, 0.2) is 0 Å². The van der Waals surface area contributed by atoms with E-state index in [1.54, 1.807) is 0 Å². The van der Waals surface area contributed by atoms with Crippen molar-refractivity contribution in [1.29, 1.82) is 0 Å². The van der Waals surface area contributed by atoms with Gasteiger partial charge < -0.3 is 10.5 Å². The topological polar surface area (TPSA) is 35.2 Å². The first-order chi connectivity index (χ1) is 7.81. The van der Waals surface area contributed by atoms with E-state index in [1.807, 2.05) is 6.92 Å². The molecule has 0 aliphatic heterocycles. The second kappa shape index (κ2) is 7.58. The van der Waals surface area contributed by atoms with Crippen molar-refractivity contribution >= 4 is 12.6 Å². The molecule has 16 heavy (non-hydrogen) atoms. The Hall–Kier alpha value is -0.670. The molecule has 0 unspecified atom stereocenters. The van der Waals surface area contributed by atoms with Gasteiger partial charge in [0.25, 0.3) is 0 Å². The number of rotatable bonds is 7. The van der Waals surface area contributed by atoms with Gasteiger partial charge in [0.05, 0.1) is 6.61 Å². The zero-order valence-electron chi connectivity index (χ0n) is 9.91. The zero-order valence-corrected chi connectivity index (χ0v) is 10.8. The van der Waals surface area contributed by atoms with Crippen LogP contribution >= 0.6 is 12.6 Å². The molecule has 3 heteroatoms. The van der Waals surface area contributed by atoms with Crippen LogP contribution in [0.5, 0.6) is 5.75 Å². The standard InChI is InChI=1S/C13H21NOS/c1-2-15-13-6-5-11(7-8-14)10-12(13)4-3-9-16/h5-6,10,16H,2-4,7-9,14H2,1H3. The van der Waals surface area contributed by atoms with Crippen molar-refractivity contribution in [3.05, 3.63) is 29.3 Å². The molecule has 0 fully saturated rings. The Bertz CT molecular complexity index is 315. The van der Waals surface area contributed by atoms with Gasteiger partial charge in [-0.25, -0.2) is 0 Å². The van der Waals surface area contributed by atoms with Crippen LogP contribution in [0.1, 0.15) is 24.5 Å². The molecule has 90 valence electrons. The van der Waals surface area contributed by atoms with Crippen molar-refractivity contribution in [2.24, 2.45) is 5.73 Å². The molecule has 0 aliphatic carbocycles. The van der Waals surface area contributed by atoms with E-state index in [0.717, 1.165) is 30.8 Å². The van der Waals surface area contributed by atoms with Gasteiger partial charge in [-0.05, 0) is 55.7 Å². The average Bonchev–Trinajstić information content (AvgIpc) is 2.30. The van der Waals surface area contributed by atoms with Gasteiger partial charge in [0.2, 0.25) is 0 Å². The third-order valence-electron chi connectivity index (χ3n) is 2.46. The van der Waals surface area contributed by atoms with Gasteiger partial charge in [-0.1, -0.05) is 12.1 Å². The Balaban J connectivity index is 2.82. The smallest absolute Gasteiger partial charge is 0.122 e. The van der Waals surface area contributed by atoms with Crippen molar-refractivity contribution in [3.8, 4) is 5.75 Å². The number of hydrogen-bond donors (Lipinski definition) is 2. The van der Waals surface area contributed by atoms with E-state index in [4.69, 9.17) is 10.5 Å². The Morgan fingerprint density at radius 3 is 2.75 bits per heavy atom. The van der Waals surface area contributed by atoms with Gasteiger partial charge in [-0.2, -0.15) is 12.6 Å².